The molecular weight excluding hydrogens is 308 g/mol. The summed E-state index contributed by atoms with van der Waals surface area (Å²) in [6.07, 6.45) is 10.4. The highest BCUT2D eigenvalue weighted by molar-refractivity contribution is 5.93. The monoisotopic (exact) mass is 324 g/mol. The second-order valence-corrected chi connectivity index (χ2v) is 5.70. The van der Waals surface area contributed by atoms with Crippen molar-refractivity contribution in [2.24, 2.45) is 13.0 Å². The maximum absolute atomic E-state index is 11.8. The van der Waals surface area contributed by atoms with Gasteiger partial charge in [0.2, 0.25) is 11.9 Å². The third kappa shape index (κ3) is 3.09. The molecule has 0 spiro atoms. The molecule has 9 nitrogen and oxygen atoms in total. The zero-order valence-corrected chi connectivity index (χ0v) is 13.0. The van der Waals surface area contributed by atoms with Crippen LogP contribution in [0.4, 0.5) is 17.3 Å². The van der Waals surface area contributed by atoms with Gasteiger partial charge < -0.3 is 10.6 Å². The Morgan fingerprint density at radius 2 is 2.04 bits per heavy atom. The lowest BCUT2D eigenvalue weighted by atomic mass is 10.4. The molecule has 3 aromatic rings. The average molecular weight is 324 g/mol. The standard InChI is InChI=1S/C15H16N8O/c1-22-8-11(6-17-22)20-15-16-5-4-13(21-15)23-9-12(7-18-23)19-14(24)10-2-3-10/h4-10H,2-3H2,1H3,(H,19,24)(H,16,20,21). The molecule has 0 aliphatic heterocycles. The van der Waals surface area contributed by atoms with E-state index in [1.54, 1.807) is 40.2 Å². The van der Waals surface area contributed by atoms with Gasteiger partial charge in [0.15, 0.2) is 5.82 Å². The molecule has 3 aromatic heterocycles. The molecule has 4 rings (SSSR count). The molecule has 122 valence electrons. The number of rotatable bonds is 5. The Bertz CT molecular complexity index is 879. The number of amides is 1. The molecule has 1 fully saturated rings. The van der Waals surface area contributed by atoms with Crippen LogP contribution >= 0.6 is 0 Å². The summed E-state index contributed by atoms with van der Waals surface area (Å²) in [5.74, 6) is 1.25. The molecule has 1 saturated carbocycles. The van der Waals surface area contributed by atoms with E-state index in [9.17, 15) is 4.79 Å². The van der Waals surface area contributed by atoms with Gasteiger partial charge in [0.05, 0.1) is 30.0 Å². The second-order valence-electron chi connectivity index (χ2n) is 5.70. The van der Waals surface area contributed by atoms with Crippen molar-refractivity contribution in [1.29, 1.82) is 0 Å². The summed E-state index contributed by atoms with van der Waals surface area (Å²) in [6, 6.07) is 1.74. The Labute approximate surface area is 137 Å². The molecule has 2 N–H and O–H groups in total. The Balaban J connectivity index is 1.50. The maximum atomic E-state index is 11.8. The third-order valence-electron chi connectivity index (χ3n) is 3.63. The molecule has 0 atom stereocenters. The van der Waals surface area contributed by atoms with Crippen molar-refractivity contribution >= 4 is 23.2 Å². The second kappa shape index (κ2) is 5.76. The van der Waals surface area contributed by atoms with Crippen molar-refractivity contribution in [3.8, 4) is 5.82 Å². The molecule has 1 amide bonds. The van der Waals surface area contributed by atoms with Crippen molar-refractivity contribution in [2.45, 2.75) is 12.8 Å². The van der Waals surface area contributed by atoms with E-state index in [1.165, 1.54) is 0 Å². The van der Waals surface area contributed by atoms with Gasteiger partial charge >= 0.3 is 0 Å². The van der Waals surface area contributed by atoms with Gasteiger partial charge in [-0.3, -0.25) is 9.48 Å². The van der Waals surface area contributed by atoms with Gasteiger partial charge in [-0.25, -0.2) is 9.67 Å². The minimum absolute atomic E-state index is 0.0520. The molecule has 9 heteroatoms. The lowest BCUT2D eigenvalue weighted by Crippen LogP contribution is -2.12. The largest absolute Gasteiger partial charge is 0.323 e. The van der Waals surface area contributed by atoms with Crippen molar-refractivity contribution < 1.29 is 4.79 Å². The molecular formula is C15H16N8O. The van der Waals surface area contributed by atoms with Crippen LogP contribution in [0.3, 0.4) is 0 Å². The SMILES string of the molecule is Cn1cc(Nc2nccc(-n3cc(NC(=O)C4CC4)cn3)n2)cn1. The number of nitrogens with one attached hydrogen (secondary N) is 2. The molecule has 0 bridgehead atoms. The van der Waals surface area contributed by atoms with Crippen LogP contribution in [0, 0.1) is 5.92 Å². The number of aryl methyl sites for hydroxylation is 1. The quantitative estimate of drug-likeness (QED) is 0.737. The van der Waals surface area contributed by atoms with E-state index in [0.717, 1.165) is 18.5 Å². The molecule has 0 unspecified atom stereocenters. The number of hydrogen-bond acceptors (Lipinski definition) is 6. The van der Waals surface area contributed by atoms with Crippen LogP contribution in [0.25, 0.3) is 5.82 Å². The number of aromatic nitrogens is 6. The first kappa shape index (κ1) is 14.4. The number of carbonyl (C=O) groups is 1. The highest BCUT2D eigenvalue weighted by atomic mass is 16.2. The molecule has 3 heterocycles. The van der Waals surface area contributed by atoms with E-state index in [4.69, 9.17) is 0 Å². The maximum Gasteiger partial charge on any atom is 0.229 e. The summed E-state index contributed by atoms with van der Waals surface area (Å²) in [5, 5.41) is 14.3. The Kier molecular flexibility index (Phi) is 3.45. The van der Waals surface area contributed by atoms with Crippen molar-refractivity contribution in [1.82, 2.24) is 29.5 Å². The fourth-order valence-corrected chi connectivity index (χ4v) is 2.25. The van der Waals surface area contributed by atoms with E-state index in [1.807, 2.05) is 13.2 Å². The topological polar surface area (TPSA) is 103 Å². The van der Waals surface area contributed by atoms with Crippen LogP contribution in [0.2, 0.25) is 0 Å². The van der Waals surface area contributed by atoms with Gasteiger partial charge in [0.25, 0.3) is 0 Å². The van der Waals surface area contributed by atoms with E-state index in [-0.39, 0.29) is 11.8 Å². The number of hydrogen-bond donors (Lipinski definition) is 2. The summed E-state index contributed by atoms with van der Waals surface area (Å²) in [6.45, 7) is 0. The number of nitrogens with zero attached hydrogens (tertiary/aromatic N) is 6. The van der Waals surface area contributed by atoms with Crippen LogP contribution in [0.15, 0.2) is 37.1 Å². The molecule has 1 aliphatic rings. The van der Waals surface area contributed by atoms with E-state index in [0.29, 0.717) is 17.5 Å². The summed E-state index contributed by atoms with van der Waals surface area (Å²) in [4.78, 5) is 20.4. The molecule has 0 radical (unpaired) electrons. The van der Waals surface area contributed by atoms with Crippen molar-refractivity contribution in [3.05, 3.63) is 37.1 Å². The molecule has 0 saturated heterocycles. The minimum Gasteiger partial charge on any atom is -0.323 e. The first-order valence-corrected chi connectivity index (χ1v) is 7.62. The average Bonchev–Trinajstić information content (AvgIpc) is 3.20. The molecule has 0 aromatic carbocycles. The van der Waals surface area contributed by atoms with Crippen LogP contribution in [-0.4, -0.2) is 35.4 Å². The predicted octanol–water partition coefficient (Wildman–Crippen LogP) is 1.49. The summed E-state index contributed by atoms with van der Waals surface area (Å²) < 4.78 is 3.28. The lowest BCUT2D eigenvalue weighted by molar-refractivity contribution is -0.117. The minimum atomic E-state index is 0.0520. The summed E-state index contributed by atoms with van der Waals surface area (Å²) in [7, 11) is 1.84. The Morgan fingerprint density at radius 3 is 2.79 bits per heavy atom. The zero-order chi connectivity index (χ0) is 16.5. The van der Waals surface area contributed by atoms with E-state index < -0.39 is 0 Å². The summed E-state index contributed by atoms with van der Waals surface area (Å²) >= 11 is 0. The van der Waals surface area contributed by atoms with Gasteiger partial charge in [0, 0.05) is 31.4 Å². The first-order chi connectivity index (χ1) is 11.7. The predicted molar refractivity (Wildman–Crippen MR) is 87.0 cm³/mol. The Morgan fingerprint density at radius 1 is 1.21 bits per heavy atom. The van der Waals surface area contributed by atoms with Gasteiger partial charge in [-0.05, 0) is 12.8 Å². The van der Waals surface area contributed by atoms with Crippen molar-refractivity contribution in [3.63, 3.8) is 0 Å². The third-order valence-corrected chi connectivity index (χ3v) is 3.63. The normalized spacial score (nSPS) is 13.7. The van der Waals surface area contributed by atoms with Gasteiger partial charge in [-0.15, -0.1) is 0 Å². The first-order valence-electron chi connectivity index (χ1n) is 7.62. The van der Waals surface area contributed by atoms with Crippen LogP contribution in [-0.2, 0) is 11.8 Å². The number of anilines is 3. The van der Waals surface area contributed by atoms with Gasteiger partial charge in [0.1, 0.15) is 0 Å². The zero-order valence-electron chi connectivity index (χ0n) is 13.0. The van der Waals surface area contributed by atoms with Gasteiger partial charge in [-0.2, -0.15) is 15.2 Å². The lowest BCUT2D eigenvalue weighted by Gasteiger charge is -2.04. The van der Waals surface area contributed by atoms with Crippen LogP contribution in [0.1, 0.15) is 12.8 Å². The van der Waals surface area contributed by atoms with Gasteiger partial charge in [-0.1, -0.05) is 0 Å². The van der Waals surface area contributed by atoms with Crippen molar-refractivity contribution in [2.75, 3.05) is 10.6 Å². The molecule has 1 aliphatic carbocycles. The molecule has 24 heavy (non-hydrogen) atoms. The fraction of sp³-hybridized carbons (Fsp3) is 0.267. The van der Waals surface area contributed by atoms with Crippen LogP contribution in [0.5, 0.6) is 0 Å². The van der Waals surface area contributed by atoms with Crippen LogP contribution < -0.4 is 10.6 Å². The van der Waals surface area contributed by atoms with E-state index in [2.05, 4.69) is 30.8 Å². The Hall–Kier alpha value is -3.23. The fourth-order valence-electron chi connectivity index (χ4n) is 2.25. The highest BCUT2D eigenvalue weighted by Gasteiger charge is 2.29. The van der Waals surface area contributed by atoms with E-state index >= 15 is 0 Å². The number of carbonyl (C=O) groups excluding carboxylic acids is 1. The highest BCUT2D eigenvalue weighted by Crippen LogP contribution is 2.30. The smallest absolute Gasteiger partial charge is 0.229 e. The summed E-state index contributed by atoms with van der Waals surface area (Å²) in [5.41, 5.74) is 1.46.